The fourth-order valence-electron chi connectivity index (χ4n) is 2.52. The Bertz CT molecular complexity index is 604. The number of aliphatic carboxylic acids is 1. The Morgan fingerprint density at radius 1 is 1.07 bits per heavy atom. The molecule has 0 aliphatic heterocycles. The molecule has 150 valence electrons. The summed E-state index contributed by atoms with van der Waals surface area (Å²) in [5.74, 6) is -1.54. The van der Waals surface area contributed by atoms with Gasteiger partial charge in [0.15, 0.2) is 0 Å². The molecule has 0 fully saturated rings. The average Bonchev–Trinajstić information content (AvgIpc) is 2.61. The first-order chi connectivity index (χ1) is 12.8. The van der Waals surface area contributed by atoms with Gasteiger partial charge in [-0.2, -0.15) is 0 Å². The van der Waals surface area contributed by atoms with Crippen LogP contribution in [0, 0.1) is 5.92 Å². The van der Waals surface area contributed by atoms with E-state index in [9.17, 15) is 19.5 Å². The lowest BCUT2D eigenvalue weighted by Gasteiger charge is -2.22. The first-order valence-corrected chi connectivity index (χ1v) is 9.33. The number of hydrogen-bond donors (Lipinski definition) is 3. The maximum atomic E-state index is 12.7. The minimum absolute atomic E-state index is 0.103. The van der Waals surface area contributed by atoms with Gasteiger partial charge in [-0.05, 0) is 24.3 Å². The summed E-state index contributed by atoms with van der Waals surface area (Å²) in [7, 11) is 0. The number of unbranched alkanes of at least 4 members (excludes halogenated alkanes) is 1. The van der Waals surface area contributed by atoms with Gasteiger partial charge in [-0.15, -0.1) is 0 Å². The molecule has 7 heteroatoms. The topological polar surface area (TPSA) is 105 Å². The highest BCUT2D eigenvalue weighted by Gasteiger charge is 2.27. The number of carbonyl (C=O) groups is 3. The van der Waals surface area contributed by atoms with Gasteiger partial charge < -0.3 is 20.5 Å². The normalized spacial score (nSPS) is 12.9. The van der Waals surface area contributed by atoms with Crippen LogP contribution in [0.1, 0.15) is 45.6 Å². The minimum atomic E-state index is -1.10. The van der Waals surface area contributed by atoms with Crippen molar-refractivity contribution in [1.29, 1.82) is 0 Å². The molecule has 1 aromatic rings. The number of ether oxygens (including phenoxy) is 1. The molecule has 0 spiro atoms. The van der Waals surface area contributed by atoms with Gasteiger partial charge in [0.2, 0.25) is 5.91 Å². The van der Waals surface area contributed by atoms with Crippen molar-refractivity contribution in [3.05, 3.63) is 35.9 Å². The largest absolute Gasteiger partial charge is 0.480 e. The number of amides is 2. The Labute approximate surface area is 160 Å². The SMILES string of the molecule is CCCCOC(=O)N[C@@H](Cc1ccccc1)C(=O)N[C@@H](CC(C)C)C(=O)O. The van der Waals surface area contributed by atoms with Crippen molar-refractivity contribution in [1.82, 2.24) is 10.6 Å². The van der Waals surface area contributed by atoms with E-state index >= 15 is 0 Å². The second-order valence-corrected chi connectivity index (χ2v) is 6.91. The quantitative estimate of drug-likeness (QED) is 0.514. The van der Waals surface area contributed by atoms with Crippen molar-refractivity contribution in [2.75, 3.05) is 6.61 Å². The summed E-state index contributed by atoms with van der Waals surface area (Å²) in [5.41, 5.74) is 0.849. The summed E-state index contributed by atoms with van der Waals surface area (Å²) < 4.78 is 5.07. The van der Waals surface area contributed by atoms with Crippen molar-refractivity contribution >= 4 is 18.0 Å². The van der Waals surface area contributed by atoms with E-state index in [0.29, 0.717) is 6.42 Å². The van der Waals surface area contributed by atoms with E-state index in [0.717, 1.165) is 18.4 Å². The molecule has 0 heterocycles. The van der Waals surface area contributed by atoms with E-state index in [1.165, 1.54) is 0 Å². The van der Waals surface area contributed by atoms with Gasteiger partial charge in [-0.1, -0.05) is 57.5 Å². The van der Waals surface area contributed by atoms with Crippen molar-refractivity contribution in [3.63, 3.8) is 0 Å². The molecular formula is C20H30N2O5. The third-order valence-electron chi connectivity index (χ3n) is 3.94. The summed E-state index contributed by atoms with van der Waals surface area (Å²) >= 11 is 0. The van der Waals surface area contributed by atoms with E-state index in [1.54, 1.807) is 0 Å². The second kappa shape index (κ2) is 11.9. The Hall–Kier alpha value is -2.57. The van der Waals surface area contributed by atoms with Crippen LogP contribution in [0.5, 0.6) is 0 Å². The maximum Gasteiger partial charge on any atom is 0.407 e. The number of nitrogens with one attached hydrogen (secondary N) is 2. The highest BCUT2D eigenvalue weighted by molar-refractivity contribution is 5.89. The average molecular weight is 378 g/mol. The Morgan fingerprint density at radius 3 is 2.30 bits per heavy atom. The molecule has 2 atom stereocenters. The fraction of sp³-hybridized carbons (Fsp3) is 0.550. The second-order valence-electron chi connectivity index (χ2n) is 6.91. The zero-order valence-corrected chi connectivity index (χ0v) is 16.2. The molecule has 1 aromatic carbocycles. The molecule has 0 saturated carbocycles. The standard InChI is InChI=1S/C20H30N2O5/c1-4-5-11-27-20(26)22-16(13-15-9-7-6-8-10-15)18(23)21-17(19(24)25)12-14(2)3/h6-10,14,16-17H,4-5,11-13H2,1-3H3,(H,21,23)(H,22,26)(H,24,25)/t16-,17-/m0/s1. The van der Waals surface area contributed by atoms with Crippen LogP contribution in [0.3, 0.4) is 0 Å². The van der Waals surface area contributed by atoms with Crippen LogP contribution in [-0.4, -0.2) is 41.8 Å². The first kappa shape index (κ1) is 22.5. The third-order valence-corrected chi connectivity index (χ3v) is 3.94. The molecule has 0 bridgehead atoms. The summed E-state index contributed by atoms with van der Waals surface area (Å²) in [6.45, 7) is 6.01. The van der Waals surface area contributed by atoms with Crippen molar-refractivity contribution in [2.24, 2.45) is 5.92 Å². The first-order valence-electron chi connectivity index (χ1n) is 9.33. The van der Waals surface area contributed by atoms with Crippen molar-refractivity contribution < 1.29 is 24.2 Å². The van der Waals surface area contributed by atoms with Gasteiger partial charge in [0.05, 0.1) is 6.61 Å². The number of carbonyl (C=O) groups excluding carboxylic acids is 2. The maximum absolute atomic E-state index is 12.7. The fourth-order valence-corrected chi connectivity index (χ4v) is 2.52. The highest BCUT2D eigenvalue weighted by Crippen LogP contribution is 2.08. The van der Waals surface area contributed by atoms with Crippen LogP contribution in [0.15, 0.2) is 30.3 Å². The zero-order valence-electron chi connectivity index (χ0n) is 16.2. The van der Waals surface area contributed by atoms with Crippen LogP contribution in [0.4, 0.5) is 4.79 Å². The number of hydrogen-bond acceptors (Lipinski definition) is 4. The number of rotatable bonds is 11. The molecule has 0 aliphatic rings. The Morgan fingerprint density at radius 2 is 1.74 bits per heavy atom. The van der Waals surface area contributed by atoms with E-state index in [-0.39, 0.29) is 18.9 Å². The number of benzene rings is 1. The molecule has 0 saturated heterocycles. The van der Waals surface area contributed by atoms with Crippen LogP contribution in [0.2, 0.25) is 0 Å². The van der Waals surface area contributed by atoms with Gasteiger partial charge >= 0.3 is 12.1 Å². The van der Waals surface area contributed by atoms with E-state index in [2.05, 4.69) is 10.6 Å². The highest BCUT2D eigenvalue weighted by atomic mass is 16.5. The molecule has 7 nitrogen and oxygen atoms in total. The van der Waals surface area contributed by atoms with Crippen LogP contribution in [0.25, 0.3) is 0 Å². The molecule has 0 aliphatic carbocycles. The lowest BCUT2D eigenvalue weighted by atomic mass is 10.0. The predicted octanol–water partition coefficient (Wildman–Crippen LogP) is 2.74. The summed E-state index contributed by atoms with van der Waals surface area (Å²) in [5, 5.41) is 14.4. The van der Waals surface area contributed by atoms with Crippen LogP contribution >= 0.6 is 0 Å². The molecule has 3 N–H and O–H groups in total. The van der Waals surface area contributed by atoms with Crippen LogP contribution in [-0.2, 0) is 20.7 Å². The minimum Gasteiger partial charge on any atom is -0.480 e. The van der Waals surface area contributed by atoms with E-state index in [4.69, 9.17) is 4.74 Å². The summed E-state index contributed by atoms with van der Waals surface area (Å²) in [4.78, 5) is 36.1. The van der Waals surface area contributed by atoms with Gasteiger partial charge in [-0.25, -0.2) is 9.59 Å². The van der Waals surface area contributed by atoms with Crippen LogP contribution < -0.4 is 10.6 Å². The third kappa shape index (κ3) is 9.08. The predicted molar refractivity (Wildman–Crippen MR) is 102 cm³/mol. The van der Waals surface area contributed by atoms with Crippen molar-refractivity contribution in [3.8, 4) is 0 Å². The number of carboxylic acid groups (broad SMARTS) is 1. The Kier molecular flexibility index (Phi) is 9.93. The molecule has 2 amide bonds. The number of carboxylic acids is 1. The zero-order chi connectivity index (χ0) is 20.2. The Balaban J connectivity index is 2.82. The monoisotopic (exact) mass is 378 g/mol. The van der Waals surface area contributed by atoms with Gasteiger partial charge in [0.25, 0.3) is 0 Å². The molecule has 0 unspecified atom stereocenters. The molecular weight excluding hydrogens is 348 g/mol. The lowest BCUT2D eigenvalue weighted by Crippen LogP contribution is -2.52. The van der Waals surface area contributed by atoms with E-state index in [1.807, 2.05) is 51.1 Å². The van der Waals surface area contributed by atoms with Gasteiger partial charge in [0, 0.05) is 6.42 Å². The number of alkyl carbamates (subject to hydrolysis) is 1. The molecule has 0 aromatic heterocycles. The summed E-state index contributed by atoms with van der Waals surface area (Å²) in [6, 6.07) is 7.28. The van der Waals surface area contributed by atoms with Crippen molar-refractivity contribution in [2.45, 2.75) is 58.5 Å². The lowest BCUT2D eigenvalue weighted by molar-refractivity contribution is -0.142. The molecule has 1 rings (SSSR count). The smallest absolute Gasteiger partial charge is 0.407 e. The molecule has 0 radical (unpaired) electrons. The van der Waals surface area contributed by atoms with E-state index < -0.39 is 30.1 Å². The van der Waals surface area contributed by atoms with Gasteiger partial charge in [-0.3, -0.25) is 4.79 Å². The summed E-state index contributed by atoms with van der Waals surface area (Å²) in [6.07, 6.45) is 1.48. The van der Waals surface area contributed by atoms with Gasteiger partial charge in [0.1, 0.15) is 12.1 Å². The molecule has 27 heavy (non-hydrogen) atoms.